The van der Waals surface area contributed by atoms with E-state index in [0.717, 1.165) is 48.2 Å². The van der Waals surface area contributed by atoms with Gasteiger partial charge >= 0.3 is 0 Å². The summed E-state index contributed by atoms with van der Waals surface area (Å²) < 4.78 is 5.62. The van der Waals surface area contributed by atoms with Crippen molar-refractivity contribution in [3.05, 3.63) is 11.7 Å². The van der Waals surface area contributed by atoms with E-state index < -0.39 is 0 Å². The lowest BCUT2D eigenvalue weighted by Crippen LogP contribution is -2.43. The average molecular weight is 275 g/mol. The van der Waals surface area contributed by atoms with Crippen LogP contribution in [0.5, 0.6) is 0 Å². The Hall–Kier alpha value is -0.900. The first-order valence-electron chi connectivity index (χ1n) is 8.33. The van der Waals surface area contributed by atoms with Crippen molar-refractivity contribution < 1.29 is 4.52 Å². The highest BCUT2D eigenvalue weighted by molar-refractivity contribution is 5.09. The molecule has 0 aliphatic heterocycles. The van der Waals surface area contributed by atoms with Gasteiger partial charge in [0.25, 0.3) is 0 Å². The quantitative estimate of drug-likeness (QED) is 0.914. The molecule has 0 spiro atoms. The van der Waals surface area contributed by atoms with Gasteiger partial charge in [0.05, 0.1) is 6.04 Å². The van der Waals surface area contributed by atoms with Gasteiger partial charge in [0.2, 0.25) is 5.89 Å². The van der Waals surface area contributed by atoms with Crippen molar-refractivity contribution in [1.82, 2.24) is 10.1 Å². The van der Waals surface area contributed by atoms with Gasteiger partial charge in [-0.25, -0.2) is 0 Å². The summed E-state index contributed by atoms with van der Waals surface area (Å²) in [5.41, 5.74) is 6.11. The van der Waals surface area contributed by atoms with E-state index in [9.17, 15) is 0 Å². The van der Waals surface area contributed by atoms with Gasteiger partial charge in [0.15, 0.2) is 5.82 Å². The molecule has 1 aromatic heterocycles. The summed E-state index contributed by atoms with van der Waals surface area (Å²) in [7, 11) is 0. The Morgan fingerprint density at radius 1 is 1.15 bits per heavy atom. The van der Waals surface area contributed by atoms with E-state index in [0.29, 0.717) is 5.92 Å². The number of nitrogens with two attached hydrogens (primary N) is 1. The highest BCUT2D eigenvalue weighted by Crippen LogP contribution is 2.59. The molecule has 1 heterocycles. The first kappa shape index (κ1) is 12.8. The largest absolute Gasteiger partial charge is 0.339 e. The Morgan fingerprint density at radius 2 is 1.80 bits per heavy atom. The molecule has 4 aliphatic rings. The fourth-order valence-corrected chi connectivity index (χ4v) is 5.30. The van der Waals surface area contributed by atoms with E-state index in [1.54, 1.807) is 0 Å². The number of hydrogen-bond donors (Lipinski definition) is 1. The molecule has 4 fully saturated rings. The van der Waals surface area contributed by atoms with Crippen molar-refractivity contribution in [3.63, 3.8) is 0 Å². The van der Waals surface area contributed by atoms with Crippen molar-refractivity contribution in [2.45, 2.75) is 63.8 Å². The Morgan fingerprint density at radius 3 is 2.40 bits per heavy atom. The Bertz CT molecular complexity index is 456. The molecule has 0 amide bonds. The van der Waals surface area contributed by atoms with Gasteiger partial charge < -0.3 is 10.3 Å². The molecule has 1 unspecified atom stereocenters. The molecule has 2 N–H and O–H groups in total. The minimum Gasteiger partial charge on any atom is -0.339 e. The molecular formula is C16H25N3O. The third-order valence-corrected chi connectivity index (χ3v) is 5.90. The van der Waals surface area contributed by atoms with Crippen molar-refractivity contribution >= 4 is 0 Å². The molecule has 0 saturated heterocycles. The minimum absolute atomic E-state index is 0.0608. The zero-order valence-electron chi connectivity index (χ0n) is 12.3. The summed E-state index contributed by atoms with van der Waals surface area (Å²) in [4.78, 5) is 4.67. The summed E-state index contributed by atoms with van der Waals surface area (Å²) >= 11 is 0. The molecule has 4 aliphatic carbocycles. The van der Waals surface area contributed by atoms with Gasteiger partial charge in [-0.15, -0.1) is 0 Å². The minimum atomic E-state index is -0.0608. The van der Waals surface area contributed by atoms with Crippen molar-refractivity contribution in [2.24, 2.45) is 29.4 Å². The van der Waals surface area contributed by atoms with Gasteiger partial charge in [0, 0.05) is 5.92 Å². The number of aromatic nitrogens is 2. The normalized spacial score (nSPS) is 40.2. The number of rotatable bonds is 4. The van der Waals surface area contributed by atoms with E-state index in [1.807, 2.05) is 0 Å². The molecule has 1 atom stereocenters. The van der Waals surface area contributed by atoms with Crippen LogP contribution in [0, 0.1) is 23.7 Å². The van der Waals surface area contributed by atoms with Crippen LogP contribution in [0.4, 0.5) is 0 Å². The van der Waals surface area contributed by atoms with E-state index in [1.165, 1.54) is 32.1 Å². The lowest BCUT2D eigenvalue weighted by atomic mass is 9.52. The zero-order valence-corrected chi connectivity index (χ0v) is 12.3. The first-order chi connectivity index (χ1) is 9.74. The summed E-state index contributed by atoms with van der Waals surface area (Å²) in [6.07, 6.45) is 9.01. The molecule has 20 heavy (non-hydrogen) atoms. The predicted octanol–water partition coefficient (Wildman–Crippen LogP) is 3.41. The maximum absolute atomic E-state index is 6.11. The molecule has 0 radical (unpaired) electrons. The van der Waals surface area contributed by atoms with Crippen LogP contribution in [0.25, 0.3) is 0 Å². The van der Waals surface area contributed by atoms with E-state index in [2.05, 4.69) is 17.1 Å². The fourth-order valence-electron chi connectivity index (χ4n) is 5.30. The van der Waals surface area contributed by atoms with Crippen molar-refractivity contribution in [1.29, 1.82) is 0 Å². The molecule has 4 nitrogen and oxygen atoms in total. The van der Waals surface area contributed by atoms with Crippen LogP contribution < -0.4 is 5.73 Å². The summed E-state index contributed by atoms with van der Waals surface area (Å²) in [6, 6.07) is -0.0608. The lowest BCUT2D eigenvalue weighted by molar-refractivity contribution is -0.0131. The highest BCUT2D eigenvalue weighted by Gasteiger charge is 2.50. The van der Waals surface area contributed by atoms with Gasteiger partial charge in [0.1, 0.15) is 0 Å². The first-order valence-corrected chi connectivity index (χ1v) is 8.33. The third-order valence-electron chi connectivity index (χ3n) is 5.90. The van der Waals surface area contributed by atoms with Crippen LogP contribution in [-0.4, -0.2) is 10.1 Å². The molecule has 4 bridgehead atoms. The topological polar surface area (TPSA) is 64.9 Å². The molecule has 1 aromatic rings. The standard InChI is InChI=1S/C16H25N3O/c1-2-3-13(17)15-18-16(20-19-15)14-11-5-9-4-10(7-11)8-12(14)6-9/h9-14H,2-8,17H2,1H3. The second-order valence-electron chi connectivity index (χ2n) is 7.34. The fraction of sp³-hybridized carbons (Fsp3) is 0.875. The molecule has 4 heteroatoms. The SMILES string of the molecule is CCCC(N)c1noc(C2C3CC4CC(C3)CC2C4)n1. The van der Waals surface area contributed by atoms with Gasteiger partial charge in [-0.3, -0.25) is 0 Å². The van der Waals surface area contributed by atoms with Gasteiger partial charge in [-0.2, -0.15) is 4.98 Å². The van der Waals surface area contributed by atoms with Crippen LogP contribution in [0.2, 0.25) is 0 Å². The summed E-state index contributed by atoms with van der Waals surface area (Å²) in [6.45, 7) is 2.14. The number of hydrogen-bond acceptors (Lipinski definition) is 4. The molecule has 0 aromatic carbocycles. The van der Waals surface area contributed by atoms with Crippen LogP contribution in [0.3, 0.4) is 0 Å². The Kier molecular flexibility index (Phi) is 3.09. The second-order valence-corrected chi connectivity index (χ2v) is 7.34. The molecule has 5 rings (SSSR count). The summed E-state index contributed by atoms with van der Waals surface area (Å²) in [5.74, 6) is 5.69. The maximum Gasteiger partial charge on any atom is 0.230 e. The maximum atomic E-state index is 6.11. The van der Waals surface area contributed by atoms with Crippen molar-refractivity contribution in [2.75, 3.05) is 0 Å². The molecule has 110 valence electrons. The highest BCUT2D eigenvalue weighted by atomic mass is 16.5. The van der Waals surface area contributed by atoms with Crippen LogP contribution in [0.1, 0.15) is 75.5 Å². The third kappa shape index (κ3) is 2.00. The zero-order chi connectivity index (χ0) is 13.7. The second kappa shape index (κ2) is 4.83. The monoisotopic (exact) mass is 275 g/mol. The lowest BCUT2D eigenvalue weighted by Gasteiger charge is -2.53. The average Bonchev–Trinajstić information content (AvgIpc) is 2.87. The molecular weight excluding hydrogens is 250 g/mol. The smallest absolute Gasteiger partial charge is 0.230 e. The van der Waals surface area contributed by atoms with Crippen LogP contribution in [-0.2, 0) is 0 Å². The van der Waals surface area contributed by atoms with Crippen LogP contribution >= 0.6 is 0 Å². The van der Waals surface area contributed by atoms with Gasteiger partial charge in [-0.05, 0) is 62.2 Å². The van der Waals surface area contributed by atoms with Crippen LogP contribution in [0.15, 0.2) is 4.52 Å². The van der Waals surface area contributed by atoms with E-state index >= 15 is 0 Å². The van der Waals surface area contributed by atoms with Crippen molar-refractivity contribution in [3.8, 4) is 0 Å². The predicted molar refractivity (Wildman–Crippen MR) is 75.9 cm³/mol. The Balaban J connectivity index is 1.56. The van der Waals surface area contributed by atoms with E-state index in [4.69, 9.17) is 10.3 Å². The Labute approximate surface area is 120 Å². The van der Waals surface area contributed by atoms with E-state index in [-0.39, 0.29) is 6.04 Å². The molecule has 4 saturated carbocycles. The summed E-state index contributed by atoms with van der Waals surface area (Å²) in [5, 5.41) is 4.16. The number of nitrogens with zero attached hydrogens (tertiary/aromatic N) is 2. The van der Waals surface area contributed by atoms with Gasteiger partial charge in [-0.1, -0.05) is 18.5 Å².